The summed E-state index contributed by atoms with van der Waals surface area (Å²) >= 11 is 14.2. The fourth-order valence-electron chi connectivity index (χ4n) is 3.29. The summed E-state index contributed by atoms with van der Waals surface area (Å²) in [5, 5.41) is 11.3. The van der Waals surface area contributed by atoms with Crippen LogP contribution in [0.1, 0.15) is 17.5 Å². The van der Waals surface area contributed by atoms with Crippen molar-refractivity contribution in [2.45, 2.75) is 23.2 Å². The van der Waals surface area contributed by atoms with Crippen molar-refractivity contribution in [2.75, 3.05) is 17.2 Å². The third kappa shape index (κ3) is 5.90. The first-order valence-electron chi connectivity index (χ1n) is 10.3. The van der Waals surface area contributed by atoms with Gasteiger partial charge in [0.1, 0.15) is 6.23 Å². The largest absolute Gasteiger partial charge is 0.416 e. The van der Waals surface area contributed by atoms with Gasteiger partial charge in [0.05, 0.1) is 17.9 Å². The summed E-state index contributed by atoms with van der Waals surface area (Å²) in [7, 11) is 0. The highest BCUT2D eigenvalue weighted by atomic mass is 35.5. The molecule has 2 heterocycles. The van der Waals surface area contributed by atoms with Crippen LogP contribution in [-0.2, 0) is 20.0 Å². The summed E-state index contributed by atoms with van der Waals surface area (Å²) in [6, 6.07) is 9.93. The van der Waals surface area contributed by atoms with Gasteiger partial charge in [-0.1, -0.05) is 41.4 Å². The van der Waals surface area contributed by atoms with Crippen LogP contribution in [0.3, 0.4) is 0 Å². The van der Waals surface area contributed by atoms with E-state index < -0.39 is 34.2 Å². The lowest BCUT2D eigenvalue weighted by Crippen LogP contribution is -2.48. The molecule has 2 aromatic carbocycles. The molecule has 0 radical (unpaired) electrons. The molecule has 0 bridgehead atoms. The highest BCUT2D eigenvalue weighted by molar-refractivity contribution is 7.08. The predicted octanol–water partition coefficient (Wildman–Crippen LogP) is 6.57. The number of benzene rings is 2. The van der Waals surface area contributed by atoms with Gasteiger partial charge in [-0.3, -0.25) is 4.79 Å². The number of anilines is 2. The Labute approximate surface area is 212 Å². The maximum absolute atomic E-state index is 13.0. The van der Waals surface area contributed by atoms with Crippen molar-refractivity contribution >= 4 is 57.9 Å². The smallest absolute Gasteiger partial charge is 0.358 e. The van der Waals surface area contributed by atoms with Crippen molar-refractivity contribution < 1.29 is 27.5 Å². The minimum absolute atomic E-state index is 0.0468. The second-order valence-corrected chi connectivity index (χ2v) is 9.73. The first-order valence-corrected chi connectivity index (χ1v) is 12.0. The van der Waals surface area contributed by atoms with Gasteiger partial charge in [0.15, 0.2) is 0 Å². The number of amides is 3. The quantitative estimate of drug-likeness (QED) is 0.307. The minimum atomic E-state index is -4.55. The van der Waals surface area contributed by atoms with Gasteiger partial charge in [-0.15, -0.1) is 0 Å². The molecule has 1 saturated heterocycles. The van der Waals surface area contributed by atoms with E-state index in [2.05, 4.69) is 16.0 Å². The van der Waals surface area contributed by atoms with E-state index in [1.807, 2.05) is 16.8 Å². The van der Waals surface area contributed by atoms with Gasteiger partial charge in [-0.2, -0.15) is 24.5 Å². The monoisotopic (exact) mass is 543 g/mol. The van der Waals surface area contributed by atoms with Crippen LogP contribution in [-0.4, -0.2) is 24.8 Å². The normalized spacial score (nSPS) is 15.7. The van der Waals surface area contributed by atoms with Crippen molar-refractivity contribution in [1.82, 2.24) is 5.32 Å². The van der Waals surface area contributed by atoms with Gasteiger partial charge in [0.2, 0.25) is 4.33 Å². The number of urea groups is 1. The van der Waals surface area contributed by atoms with Crippen LogP contribution in [0.4, 0.5) is 29.3 Å². The molecule has 4 rings (SSSR count). The number of hydrogen-bond donors (Lipinski definition) is 3. The summed E-state index contributed by atoms with van der Waals surface area (Å²) in [4.78, 5) is 25.3. The summed E-state index contributed by atoms with van der Waals surface area (Å²) in [5.74, 6) is -0.687. The van der Waals surface area contributed by atoms with Gasteiger partial charge >= 0.3 is 12.2 Å². The van der Waals surface area contributed by atoms with Crippen LogP contribution >= 0.6 is 34.5 Å². The Balaban J connectivity index is 1.59. The fraction of sp³-hybridized carbons (Fsp3) is 0.217. The third-order valence-corrected chi connectivity index (χ3v) is 6.65. The first kappa shape index (κ1) is 25.3. The fourth-order valence-corrected chi connectivity index (χ4v) is 4.29. The van der Waals surface area contributed by atoms with Crippen molar-refractivity contribution in [3.63, 3.8) is 0 Å². The molecule has 184 valence electrons. The van der Waals surface area contributed by atoms with Gasteiger partial charge in [0.25, 0.3) is 5.91 Å². The Morgan fingerprint density at radius 2 is 1.80 bits per heavy atom. The predicted molar refractivity (Wildman–Crippen MR) is 130 cm³/mol. The zero-order valence-electron chi connectivity index (χ0n) is 17.8. The standard InChI is InChI=1S/C23H18Cl2F3N3O3S/c24-22(25,20(32)31-19-6-8-34-19)14-4-5-17(13-7-9-35-12-13)18(11-14)30-21(33)29-16-3-1-2-15(10-16)23(26,27)28/h1-5,7,9-12,19H,6,8H2,(H,31,32)(H2,29,30,33). The van der Waals surface area contributed by atoms with Gasteiger partial charge < -0.3 is 20.7 Å². The molecule has 1 fully saturated rings. The summed E-state index contributed by atoms with van der Waals surface area (Å²) < 4.78 is 42.2. The Morgan fingerprint density at radius 3 is 2.43 bits per heavy atom. The van der Waals surface area contributed by atoms with E-state index in [9.17, 15) is 22.8 Å². The molecule has 3 N–H and O–H groups in total. The average molecular weight is 544 g/mol. The SMILES string of the molecule is O=C(Nc1cccc(C(F)(F)F)c1)Nc1cc(C(Cl)(Cl)C(=O)NC2CCO2)ccc1-c1ccsc1. The van der Waals surface area contributed by atoms with Crippen LogP contribution in [0.15, 0.2) is 59.3 Å². The van der Waals surface area contributed by atoms with Crippen molar-refractivity contribution in [3.8, 4) is 11.1 Å². The summed E-state index contributed by atoms with van der Waals surface area (Å²) in [5.41, 5.74) is 0.870. The van der Waals surface area contributed by atoms with Crippen LogP contribution < -0.4 is 16.0 Å². The number of ether oxygens (including phenoxy) is 1. The molecule has 12 heteroatoms. The molecule has 0 aliphatic carbocycles. The lowest BCUT2D eigenvalue weighted by atomic mass is 10.0. The Bertz CT molecular complexity index is 1230. The number of carbonyl (C=O) groups is 2. The second kappa shape index (κ2) is 10.1. The van der Waals surface area contributed by atoms with E-state index in [1.54, 1.807) is 12.1 Å². The lowest BCUT2D eigenvalue weighted by molar-refractivity contribution is -0.137. The Hall–Kier alpha value is -2.79. The Morgan fingerprint density at radius 1 is 1.03 bits per heavy atom. The molecule has 1 atom stereocenters. The number of thiophene rings is 1. The minimum Gasteiger partial charge on any atom is -0.358 e. The third-order valence-electron chi connectivity index (χ3n) is 5.19. The van der Waals surface area contributed by atoms with E-state index in [0.29, 0.717) is 18.6 Å². The molecule has 1 aromatic heterocycles. The maximum Gasteiger partial charge on any atom is 0.416 e. The topological polar surface area (TPSA) is 79.5 Å². The number of carbonyl (C=O) groups excluding carboxylic acids is 2. The molecule has 35 heavy (non-hydrogen) atoms. The molecule has 0 spiro atoms. The lowest BCUT2D eigenvalue weighted by Gasteiger charge is -2.30. The maximum atomic E-state index is 13.0. The highest BCUT2D eigenvalue weighted by Crippen LogP contribution is 2.39. The summed E-state index contributed by atoms with van der Waals surface area (Å²) in [6.45, 7) is 0.521. The number of hydrogen-bond acceptors (Lipinski definition) is 4. The summed E-state index contributed by atoms with van der Waals surface area (Å²) in [6.07, 6.45) is -4.39. The van der Waals surface area contributed by atoms with E-state index in [-0.39, 0.29) is 16.9 Å². The Kier molecular flexibility index (Phi) is 7.27. The molecule has 6 nitrogen and oxygen atoms in total. The van der Waals surface area contributed by atoms with Gasteiger partial charge in [-0.05, 0) is 52.2 Å². The number of halogens is 5. The second-order valence-electron chi connectivity index (χ2n) is 7.63. The van der Waals surface area contributed by atoms with Crippen LogP contribution in [0, 0.1) is 0 Å². The molecule has 1 aliphatic rings. The average Bonchev–Trinajstić information content (AvgIpc) is 3.30. The molecule has 1 aliphatic heterocycles. The highest BCUT2D eigenvalue weighted by Gasteiger charge is 2.38. The zero-order valence-corrected chi connectivity index (χ0v) is 20.1. The number of alkyl halides is 5. The van der Waals surface area contributed by atoms with Crippen LogP contribution in [0.2, 0.25) is 0 Å². The van der Waals surface area contributed by atoms with Crippen LogP contribution in [0.25, 0.3) is 11.1 Å². The van der Waals surface area contributed by atoms with E-state index in [0.717, 1.165) is 17.7 Å². The van der Waals surface area contributed by atoms with Gasteiger partial charge in [0, 0.05) is 17.7 Å². The van der Waals surface area contributed by atoms with E-state index in [4.69, 9.17) is 27.9 Å². The molecule has 0 saturated carbocycles. The number of nitrogens with one attached hydrogen (secondary N) is 3. The first-order chi connectivity index (χ1) is 16.5. The van der Waals surface area contributed by atoms with Crippen molar-refractivity contribution in [1.29, 1.82) is 0 Å². The number of rotatable bonds is 6. The van der Waals surface area contributed by atoms with E-state index >= 15 is 0 Å². The molecular weight excluding hydrogens is 526 g/mol. The van der Waals surface area contributed by atoms with Gasteiger partial charge in [-0.25, -0.2) is 4.79 Å². The van der Waals surface area contributed by atoms with E-state index in [1.165, 1.54) is 29.5 Å². The van der Waals surface area contributed by atoms with Crippen LogP contribution in [0.5, 0.6) is 0 Å². The zero-order chi connectivity index (χ0) is 25.2. The van der Waals surface area contributed by atoms with Crippen molar-refractivity contribution in [3.05, 3.63) is 70.4 Å². The van der Waals surface area contributed by atoms with Crippen molar-refractivity contribution in [2.24, 2.45) is 0 Å². The molecular formula is C23H18Cl2F3N3O3S. The molecule has 1 unspecified atom stereocenters. The molecule has 3 aromatic rings. The molecule has 3 amide bonds.